The standard InChI is InChI=1S/C12H24N2O3S/c1-9(2)7-11(12(15)13-3)14-10-5-4-6-18(16,17)8-10/h9-11,14H,4-8H2,1-3H3,(H,13,15). The van der Waals surface area contributed by atoms with Crippen molar-refractivity contribution in [3.8, 4) is 0 Å². The van der Waals surface area contributed by atoms with Gasteiger partial charge in [0.05, 0.1) is 17.5 Å². The molecular formula is C12H24N2O3S. The Morgan fingerprint density at radius 1 is 1.39 bits per heavy atom. The first-order valence-electron chi connectivity index (χ1n) is 6.52. The predicted molar refractivity (Wildman–Crippen MR) is 72.1 cm³/mol. The minimum atomic E-state index is -2.93. The second-order valence-corrected chi connectivity index (χ2v) is 7.65. The number of carbonyl (C=O) groups excluding carboxylic acids is 1. The summed E-state index contributed by atoms with van der Waals surface area (Å²) in [5.74, 6) is 0.755. The van der Waals surface area contributed by atoms with Gasteiger partial charge in [-0.1, -0.05) is 13.8 Å². The largest absolute Gasteiger partial charge is 0.358 e. The Balaban J connectivity index is 2.62. The fourth-order valence-corrected chi connectivity index (χ4v) is 3.98. The molecule has 1 aliphatic rings. The highest BCUT2D eigenvalue weighted by atomic mass is 32.2. The topological polar surface area (TPSA) is 75.3 Å². The van der Waals surface area contributed by atoms with Crippen LogP contribution in [-0.4, -0.2) is 45.0 Å². The van der Waals surface area contributed by atoms with Crippen molar-refractivity contribution in [2.75, 3.05) is 18.6 Å². The summed E-state index contributed by atoms with van der Waals surface area (Å²) in [5.41, 5.74) is 0. The molecule has 2 N–H and O–H groups in total. The Bertz CT molecular complexity index is 379. The first-order chi connectivity index (χ1) is 8.34. The molecule has 1 aliphatic heterocycles. The predicted octanol–water partition coefficient (Wildman–Crippen LogP) is 0.314. The Hall–Kier alpha value is -0.620. The second-order valence-electron chi connectivity index (χ2n) is 5.42. The van der Waals surface area contributed by atoms with Crippen LogP contribution in [0.3, 0.4) is 0 Å². The van der Waals surface area contributed by atoms with Crippen LogP contribution < -0.4 is 10.6 Å². The summed E-state index contributed by atoms with van der Waals surface area (Å²) in [5, 5.41) is 5.83. The molecule has 0 bridgehead atoms. The van der Waals surface area contributed by atoms with Crippen LogP contribution in [0.15, 0.2) is 0 Å². The van der Waals surface area contributed by atoms with E-state index in [0.717, 1.165) is 12.8 Å². The summed E-state index contributed by atoms with van der Waals surface area (Å²) in [6.45, 7) is 4.10. The lowest BCUT2D eigenvalue weighted by atomic mass is 10.0. The van der Waals surface area contributed by atoms with Crippen LogP contribution in [0.2, 0.25) is 0 Å². The quantitative estimate of drug-likeness (QED) is 0.758. The van der Waals surface area contributed by atoms with Gasteiger partial charge >= 0.3 is 0 Å². The van der Waals surface area contributed by atoms with E-state index in [9.17, 15) is 13.2 Å². The maximum Gasteiger partial charge on any atom is 0.236 e. The third kappa shape index (κ3) is 4.94. The first-order valence-corrected chi connectivity index (χ1v) is 8.34. The molecule has 0 spiro atoms. The highest BCUT2D eigenvalue weighted by Gasteiger charge is 2.28. The molecule has 1 heterocycles. The number of nitrogens with one attached hydrogen (secondary N) is 2. The smallest absolute Gasteiger partial charge is 0.236 e. The zero-order valence-corrected chi connectivity index (χ0v) is 12.2. The van der Waals surface area contributed by atoms with E-state index in [4.69, 9.17) is 0 Å². The van der Waals surface area contributed by atoms with E-state index < -0.39 is 9.84 Å². The number of sulfone groups is 1. The molecule has 1 amide bonds. The van der Waals surface area contributed by atoms with Crippen molar-refractivity contribution in [1.82, 2.24) is 10.6 Å². The molecule has 0 saturated carbocycles. The Morgan fingerprint density at radius 3 is 2.56 bits per heavy atom. The first kappa shape index (κ1) is 15.4. The summed E-state index contributed by atoms with van der Waals surface area (Å²) in [6.07, 6.45) is 2.23. The SMILES string of the molecule is CNC(=O)C(CC(C)C)NC1CCCS(=O)(=O)C1. The van der Waals surface area contributed by atoms with Crippen molar-refractivity contribution >= 4 is 15.7 Å². The summed E-state index contributed by atoms with van der Waals surface area (Å²) < 4.78 is 23.1. The monoisotopic (exact) mass is 276 g/mol. The highest BCUT2D eigenvalue weighted by Crippen LogP contribution is 2.14. The summed E-state index contributed by atoms with van der Waals surface area (Å²) in [6, 6.07) is -0.391. The number of likely N-dealkylation sites (N-methyl/N-ethyl adjacent to an activating group) is 1. The molecule has 6 heteroatoms. The fourth-order valence-electron chi connectivity index (χ4n) is 2.34. The minimum absolute atomic E-state index is 0.0633. The van der Waals surface area contributed by atoms with E-state index in [1.54, 1.807) is 7.05 Å². The lowest BCUT2D eigenvalue weighted by Gasteiger charge is -2.28. The summed E-state index contributed by atoms with van der Waals surface area (Å²) >= 11 is 0. The molecule has 106 valence electrons. The number of hydrogen-bond donors (Lipinski definition) is 2. The van der Waals surface area contributed by atoms with E-state index in [1.165, 1.54) is 0 Å². The van der Waals surface area contributed by atoms with E-state index in [1.807, 2.05) is 0 Å². The molecule has 5 nitrogen and oxygen atoms in total. The van der Waals surface area contributed by atoms with Gasteiger partial charge < -0.3 is 10.6 Å². The third-order valence-electron chi connectivity index (χ3n) is 3.17. The maximum absolute atomic E-state index is 11.8. The van der Waals surface area contributed by atoms with Crippen LogP contribution >= 0.6 is 0 Å². The van der Waals surface area contributed by atoms with Gasteiger partial charge in [0, 0.05) is 13.1 Å². The van der Waals surface area contributed by atoms with Crippen LogP contribution in [0, 0.1) is 5.92 Å². The van der Waals surface area contributed by atoms with Gasteiger partial charge in [-0.15, -0.1) is 0 Å². The summed E-state index contributed by atoms with van der Waals surface area (Å²) in [7, 11) is -1.33. The van der Waals surface area contributed by atoms with E-state index in [2.05, 4.69) is 24.5 Å². The van der Waals surface area contributed by atoms with Crippen molar-refractivity contribution in [1.29, 1.82) is 0 Å². The third-order valence-corrected chi connectivity index (χ3v) is 4.99. The second kappa shape index (κ2) is 6.52. The number of amides is 1. The van der Waals surface area contributed by atoms with Crippen molar-refractivity contribution < 1.29 is 13.2 Å². The van der Waals surface area contributed by atoms with Crippen LogP contribution in [0.1, 0.15) is 33.1 Å². The van der Waals surface area contributed by atoms with Gasteiger partial charge in [0.25, 0.3) is 0 Å². The normalized spacial score (nSPS) is 24.8. The van der Waals surface area contributed by atoms with Gasteiger partial charge in [0.2, 0.25) is 5.91 Å². The molecule has 1 rings (SSSR count). The number of carbonyl (C=O) groups is 1. The highest BCUT2D eigenvalue weighted by molar-refractivity contribution is 7.91. The van der Waals surface area contributed by atoms with Gasteiger partial charge in [0.1, 0.15) is 0 Å². The van der Waals surface area contributed by atoms with Crippen molar-refractivity contribution in [3.63, 3.8) is 0 Å². The minimum Gasteiger partial charge on any atom is -0.358 e. The van der Waals surface area contributed by atoms with Crippen molar-refractivity contribution in [2.45, 2.75) is 45.2 Å². The Morgan fingerprint density at radius 2 is 2.06 bits per heavy atom. The molecule has 0 aromatic heterocycles. The molecule has 18 heavy (non-hydrogen) atoms. The average molecular weight is 276 g/mol. The van der Waals surface area contributed by atoms with Crippen LogP contribution in [0.5, 0.6) is 0 Å². The van der Waals surface area contributed by atoms with Crippen LogP contribution in [0.25, 0.3) is 0 Å². The Kier molecular flexibility index (Phi) is 5.59. The molecule has 0 aliphatic carbocycles. The molecule has 1 fully saturated rings. The van der Waals surface area contributed by atoms with Crippen LogP contribution in [-0.2, 0) is 14.6 Å². The zero-order valence-electron chi connectivity index (χ0n) is 11.4. The van der Waals surface area contributed by atoms with E-state index in [0.29, 0.717) is 12.3 Å². The van der Waals surface area contributed by atoms with Gasteiger partial charge in [-0.3, -0.25) is 4.79 Å². The van der Waals surface area contributed by atoms with Gasteiger partial charge in [-0.2, -0.15) is 0 Å². The van der Waals surface area contributed by atoms with Gasteiger partial charge in [0.15, 0.2) is 9.84 Å². The van der Waals surface area contributed by atoms with E-state index in [-0.39, 0.29) is 29.5 Å². The molecule has 2 unspecified atom stereocenters. The van der Waals surface area contributed by atoms with Crippen molar-refractivity contribution in [2.24, 2.45) is 5.92 Å². The van der Waals surface area contributed by atoms with Crippen molar-refractivity contribution in [3.05, 3.63) is 0 Å². The zero-order chi connectivity index (χ0) is 13.8. The Labute approximate surface area is 110 Å². The summed E-state index contributed by atoms with van der Waals surface area (Å²) in [4.78, 5) is 11.8. The molecule has 1 saturated heterocycles. The average Bonchev–Trinajstić information content (AvgIpc) is 2.25. The van der Waals surface area contributed by atoms with Crippen LogP contribution in [0.4, 0.5) is 0 Å². The number of rotatable bonds is 5. The lowest BCUT2D eigenvalue weighted by molar-refractivity contribution is -0.123. The number of hydrogen-bond acceptors (Lipinski definition) is 4. The van der Waals surface area contributed by atoms with Gasteiger partial charge in [-0.25, -0.2) is 8.42 Å². The van der Waals surface area contributed by atoms with E-state index >= 15 is 0 Å². The molecule has 0 radical (unpaired) electrons. The van der Waals surface area contributed by atoms with Gasteiger partial charge in [-0.05, 0) is 25.2 Å². The maximum atomic E-state index is 11.8. The molecular weight excluding hydrogens is 252 g/mol. The molecule has 0 aromatic rings. The molecule has 0 aromatic carbocycles. The lowest BCUT2D eigenvalue weighted by Crippen LogP contribution is -2.51. The fraction of sp³-hybridized carbons (Fsp3) is 0.917. The molecule has 2 atom stereocenters.